The van der Waals surface area contributed by atoms with Crippen LogP contribution >= 0.6 is 31.9 Å². The van der Waals surface area contributed by atoms with Crippen molar-refractivity contribution in [2.24, 2.45) is 5.10 Å². The van der Waals surface area contributed by atoms with Crippen LogP contribution in [0.2, 0.25) is 0 Å². The monoisotopic (exact) mass is 394 g/mol. The summed E-state index contributed by atoms with van der Waals surface area (Å²) in [5.41, 5.74) is 4.39. The molecule has 0 atom stereocenters. The minimum Gasteiger partial charge on any atom is -0.273 e. The van der Waals surface area contributed by atoms with Gasteiger partial charge in [-0.2, -0.15) is 5.10 Å². The molecular weight excluding hydrogens is 384 g/mol. The first-order valence-corrected chi connectivity index (χ1v) is 7.54. The molecule has 3 nitrogen and oxygen atoms in total. The van der Waals surface area contributed by atoms with E-state index in [0.29, 0.717) is 6.42 Å². The van der Waals surface area contributed by atoms with E-state index in [-0.39, 0.29) is 5.91 Å². The molecule has 2 aromatic carbocycles. The number of nitrogens with zero attached hydrogens (tertiary/aromatic N) is 1. The molecule has 0 aliphatic heterocycles. The average Bonchev–Trinajstić information content (AvgIpc) is 2.44. The SMILES string of the molecule is O=C(Cc1ccc(Br)cc1)NN=Cc1ccc(Br)cc1. The smallest absolute Gasteiger partial charge is 0.244 e. The quantitative estimate of drug-likeness (QED) is 0.618. The zero-order valence-corrected chi connectivity index (χ0v) is 13.7. The molecule has 0 spiro atoms. The number of carbonyl (C=O) groups excluding carboxylic acids is 1. The highest BCUT2D eigenvalue weighted by molar-refractivity contribution is 9.10. The summed E-state index contributed by atoms with van der Waals surface area (Å²) in [5, 5.41) is 3.94. The predicted octanol–water partition coefficient (Wildman–Crippen LogP) is 3.90. The van der Waals surface area contributed by atoms with Crippen molar-refractivity contribution in [1.29, 1.82) is 0 Å². The van der Waals surface area contributed by atoms with Crippen LogP contribution in [0.25, 0.3) is 0 Å². The van der Waals surface area contributed by atoms with E-state index in [0.717, 1.165) is 20.1 Å². The number of rotatable bonds is 4. The van der Waals surface area contributed by atoms with E-state index in [1.807, 2.05) is 48.5 Å². The topological polar surface area (TPSA) is 41.5 Å². The summed E-state index contributed by atoms with van der Waals surface area (Å²) in [7, 11) is 0. The summed E-state index contributed by atoms with van der Waals surface area (Å²) >= 11 is 6.72. The van der Waals surface area contributed by atoms with Gasteiger partial charge in [0, 0.05) is 8.95 Å². The fraction of sp³-hybridized carbons (Fsp3) is 0.0667. The van der Waals surface area contributed by atoms with Gasteiger partial charge >= 0.3 is 0 Å². The van der Waals surface area contributed by atoms with E-state index in [1.54, 1.807) is 6.21 Å². The number of amides is 1. The molecule has 0 aliphatic carbocycles. The van der Waals surface area contributed by atoms with Gasteiger partial charge < -0.3 is 0 Å². The van der Waals surface area contributed by atoms with Crippen LogP contribution in [-0.4, -0.2) is 12.1 Å². The van der Waals surface area contributed by atoms with Crippen LogP contribution in [0.1, 0.15) is 11.1 Å². The van der Waals surface area contributed by atoms with Gasteiger partial charge in [0.2, 0.25) is 5.91 Å². The number of benzene rings is 2. The first-order chi connectivity index (χ1) is 9.63. The van der Waals surface area contributed by atoms with Crippen molar-refractivity contribution in [3.63, 3.8) is 0 Å². The second-order valence-corrected chi connectivity index (χ2v) is 5.98. The second-order valence-electron chi connectivity index (χ2n) is 4.15. The molecule has 0 saturated carbocycles. The van der Waals surface area contributed by atoms with E-state index in [1.165, 1.54) is 0 Å². The molecule has 1 N–H and O–H groups in total. The lowest BCUT2D eigenvalue weighted by molar-refractivity contribution is -0.120. The first kappa shape index (κ1) is 14.9. The molecule has 102 valence electrons. The van der Waals surface area contributed by atoms with Crippen molar-refractivity contribution in [3.8, 4) is 0 Å². The van der Waals surface area contributed by atoms with Gasteiger partial charge in [-0.05, 0) is 35.4 Å². The highest BCUT2D eigenvalue weighted by Crippen LogP contribution is 2.11. The van der Waals surface area contributed by atoms with Crippen molar-refractivity contribution in [1.82, 2.24) is 5.43 Å². The minimum atomic E-state index is -0.138. The van der Waals surface area contributed by atoms with Crippen molar-refractivity contribution >= 4 is 44.0 Å². The molecule has 20 heavy (non-hydrogen) atoms. The fourth-order valence-corrected chi connectivity index (χ4v) is 2.08. The average molecular weight is 396 g/mol. The Hall–Kier alpha value is -1.46. The molecule has 2 rings (SSSR count). The van der Waals surface area contributed by atoms with Gasteiger partial charge in [0.1, 0.15) is 0 Å². The van der Waals surface area contributed by atoms with E-state index in [4.69, 9.17) is 0 Å². The summed E-state index contributed by atoms with van der Waals surface area (Å²) in [4.78, 5) is 11.7. The molecule has 0 heterocycles. The summed E-state index contributed by atoms with van der Waals surface area (Å²) in [6.45, 7) is 0. The van der Waals surface area contributed by atoms with Gasteiger partial charge in [-0.1, -0.05) is 56.1 Å². The van der Waals surface area contributed by atoms with Gasteiger partial charge in [-0.25, -0.2) is 5.43 Å². The summed E-state index contributed by atoms with van der Waals surface area (Å²) in [6.07, 6.45) is 1.93. The molecule has 0 aromatic heterocycles. The third kappa shape index (κ3) is 4.90. The Morgan fingerprint density at radius 3 is 2.15 bits per heavy atom. The number of halogens is 2. The number of hydrazone groups is 1. The number of carbonyl (C=O) groups is 1. The zero-order valence-electron chi connectivity index (χ0n) is 10.5. The Balaban J connectivity index is 1.85. The normalized spacial score (nSPS) is 10.7. The maximum absolute atomic E-state index is 11.7. The molecule has 0 bridgehead atoms. The van der Waals surface area contributed by atoms with Crippen molar-refractivity contribution < 1.29 is 4.79 Å². The Bertz CT molecular complexity index is 607. The van der Waals surface area contributed by atoms with Crippen LogP contribution in [0, 0.1) is 0 Å². The molecule has 0 unspecified atom stereocenters. The highest BCUT2D eigenvalue weighted by Gasteiger charge is 2.01. The van der Waals surface area contributed by atoms with Crippen LogP contribution in [0.15, 0.2) is 62.6 Å². The molecule has 5 heteroatoms. The number of hydrogen-bond donors (Lipinski definition) is 1. The highest BCUT2D eigenvalue weighted by atomic mass is 79.9. The molecule has 0 aliphatic rings. The second kappa shape index (κ2) is 7.36. The Labute approximate surface area is 134 Å². The lowest BCUT2D eigenvalue weighted by Crippen LogP contribution is -2.19. The summed E-state index contributed by atoms with van der Waals surface area (Å²) in [6, 6.07) is 15.3. The third-order valence-electron chi connectivity index (χ3n) is 2.55. The fourth-order valence-electron chi connectivity index (χ4n) is 1.55. The van der Waals surface area contributed by atoms with Crippen LogP contribution < -0.4 is 5.43 Å². The summed E-state index contributed by atoms with van der Waals surface area (Å²) in [5.74, 6) is -0.138. The van der Waals surface area contributed by atoms with Crippen LogP contribution in [0.4, 0.5) is 0 Å². The van der Waals surface area contributed by atoms with Gasteiger partial charge in [0.25, 0.3) is 0 Å². The van der Waals surface area contributed by atoms with Gasteiger partial charge in [0.05, 0.1) is 12.6 Å². The Kier molecular flexibility index (Phi) is 5.49. The van der Waals surface area contributed by atoms with E-state index < -0.39 is 0 Å². The molecule has 0 saturated heterocycles. The minimum absolute atomic E-state index is 0.138. The zero-order chi connectivity index (χ0) is 14.4. The maximum Gasteiger partial charge on any atom is 0.244 e. The van der Waals surface area contributed by atoms with Gasteiger partial charge in [0.15, 0.2) is 0 Å². The lowest BCUT2D eigenvalue weighted by atomic mass is 10.1. The largest absolute Gasteiger partial charge is 0.273 e. The van der Waals surface area contributed by atoms with Crippen LogP contribution in [0.3, 0.4) is 0 Å². The third-order valence-corrected chi connectivity index (χ3v) is 3.61. The van der Waals surface area contributed by atoms with Crippen molar-refractivity contribution in [2.75, 3.05) is 0 Å². The van der Waals surface area contributed by atoms with E-state index >= 15 is 0 Å². The molecule has 1 amide bonds. The maximum atomic E-state index is 11.7. The predicted molar refractivity (Wildman–Crippen MR) is 87.7 cm³/mol. The Morgan fingerprint density at radius 1 is 1.00 bits per heavy atom. The number of hydrogen-bond acceptors (Lipinski definition) is 2. The number of nitrogens with one attached hydrogen (secondary N) is 1. The molecule has 0 fully saturated rings. The molecule has 0 radical (unpaired) electrons. The van der Waals surface area contributed by atoms with Crippen molar-refractivity contribution in [3.05, 3.63) is 68.6 Å². The lowest BCUT2D eigenvalue weighted by Gasteiger charge is -2.00. The molecule has 2 aromatic rings. The van der Waals surface area contributed by atoms with Gasteiger partial charge in [-0.3, -0.25) is 4.79 Å². The van der Waals surface area contributed by atoms with Crippen molar-refractivity contribution in [2.45, 2.75) is 6.42 Å². The molecular formula is C15H12Br2N2O. The van der Waals surface area contributed by atoms with Crippen LogP contribution in [0.5, 0.6) is 0 Å². The van der Waals surface area contributed by atoms with E-state index in [9.17, 15) is 4.79 Å². The van der Waals surface area contributed by atoms with Crippen LogP contribution in [-0.2, 0) is 11.2 Å². The summed E-state index contributed by atoms with van der Waals surface area (Å²) < 4.78 is 2.00. The van der Waals surface area contributed by atoms with Gasteiger partial charge in [-0.15, -0.1) is 0 Å². The standard InChI is InChI=1S/C15H12Br2N2O/c16-13-5-1-11(2-6-13)9-15(20)19-18-10-12-3-7-14(17)8-4-12/h1-8,10H,9H2,(H,19,20). The van der Waals surface area contributed by atoms with E-state index in [2.05, 4.69) is 42.4 Å². The Morgan fingerprint density at radius 2 is 1.55 bits per heavy atom. The first-order valence-electron chi connectivity index (χ1n) is 5.95.